The van der Waals surface area contributed by atoms with Crippen molar-refractivity contribution in [3.05, 3.63) is 23.8 Å². The van der Waals surface area contributed by atoms with Crippen LogP contribution >= 0.6 is 0 Å². The Kier molecular flexibility index (Phi) is 2.52. The Bertz CT molecular complexity index is 453. The topological polar surface area (TPSA) is 64.3 Å². The summed E-state index contributed by atoms with van der Waals surface area (Å²) >= 11 is 0. The summed E-state index contributed by atoms with van der Waals surface area (Å²) < 4.78 is 5.32. The highest BCUT2D eigenvalue weighted by Crippen LogP contribution is 2.33. The number of nitrogens with one attached hydrogen (secondary N) is 1. The van der Waals surface area contributed by atoms with Crippen molar-refractivity contribution >= 4 is 11.6 Å². The third-order valence-electron chi connectivity index (χ3n) is 3.47. The van der Waals surface area contributed by atoms with Crippen LogP contribution in [0, 0.1) is 5.92 Å². The molecule has 1 fully saturated rings. The van der Waals surface area contributed by atoms with Gasteiger partial charge < -0.3 is 15.8 Å². The number of carbonyl (C=O) groups is 1. The van der Waals surface area contributed by atoms with Crippen LogP contribution in [0.5, 0.6) is 5.75 Å². The molecule has 0 atom stereocenters. The Balaban J connectivity index is 1.73. The number of fused-ring (bicyclic) bond motifs is 1. The molecule has 3 rings (SSSR count). The molecule has 0 unspecified atom stereocenters. The first-order valence-electron chi connectivity index (χ1n) is 6.02. The standard InChI is InChI=1S/C13H16N2O2/c14-10-4-9(5-10)3-8-1-2-12-11(6-8)15-13(16)7-17-12/h1-2,6,9-10H,3-5,7,14H2,(H,15,16). The van der Waals surface area contributed by atoms with E-state index in [0.29, 0.717) is 12.0 Å². The van der Waals surface area contributed by atoms with E-state index in [1.165, 1.54) is 5.56 Å². The van der Waals surface area contributed by atoms with Gasteiger partial charge in [-0.3, -0.25) is 4.79 Å². The average molecular weight is 232 g/mol. The molecule has 90 valence electrons. The number of amides is 1. The highest BCUT2D eigenvalue weighted by atomic mass is 16.5. The maximum absolute atomic E-state index is 11.2. The third-order valence-corrected chi connectivity index (χ3v) is 3.47. The number of hydrogen-bond donors (Lipinski definition) is 2. The summed E-state index contributed by atoms with van der Waals surface area (Å²) in [6, 6.07) is 6.40. The molecule has 4 nitrogen and oxygen atoms in total. The molecule has 1 aliphatic heterocycles. The fraction of sp³-hybridized carbons (Fsp3) is 0.462. The molecule has 17 heavy (non-hydrogen) atoms. The van der Waals surface area contributed by atoms with Gasteiger partial charge in [-0.15, -0.1) is 0 Å². The molecule has 1 aromatic carbocycles. The first kappa shape index (κ1) is 10.6. The number of nitrogens with two attached hydrogens (primary N) is 1. The minimum Gasteiger partial charge on any atom is -0.482 e. The molecule has 0 bridgehead atoms. The Labute approximate surface area is 100 Å². The maximum atomic E-state index is 11.2. The Morgan fingerprint density at radius 1 is 1.41 bits per heavy atom. The zero-order valence-electron chi connectivity index (χ0n) is 9.61. The minimum absolute atomic E-state index is 0.0830. The molecule has 0 aromatic heterocycles. The van der Waals surface area contributed by atoms with E-state index in [1.807, 2.05) is 12.1 Å². The molecular weight excluding hydrogens is 216 g/mol. The summed E-state index contributed by atoms with van der Waals surface area (Å²) in [6.45, 7) is 0.115. The molecule has 1 heterocycles. The van der Waals surface area contributed by atoms with Gasteiger partial charge in [0.2, 0.25) is 0 Å². The maximum Gasteiger partial charge on any atom is 0.262 e. The second-order valence-electron chi connectivity index (χ2n) is 4.97. The van der Waals surface area contributed by atoms with Crippen LogP contribution in [0.3, 0.4) is 0 Å². The molecule has 4 heteroatoms. The van der Waals surface area contributed by atoms with Gasteiger partial charge in [0.15, 0.2) is 6.61 Å². The molecule has 0 saturated heterocycles. The van der Waals surface area contributed by atoms with E-state index in [4.69, 9.17) is 10.5 Å². The normalized spacial score (nSPS) is 26.5. The second kappa shape index (κ2) is 4.04. The lowest BCUT2D eigenvalue weighted by Gasteiger charge is -2.32. The number of hydrogen-bond acceptors (Lipinski definition) is 3. The molecule has 0 radical (unpaired) electrons. The molecule has 1 aliphatic carbocycles. The average Bonchev–Trinajstić information content (AvgIpc) is 2.26. The van der Waals surface area contributed by atoms with E-state index in [1.54, 1.807) is 0 Å². The van der Waals surface area contributed by atoms with Gasteiger partial charge in [0.1, 0.15) is 5.75 Å². The summed E-state index contributed by atoms with van der Waals surface area (Å²) in [4.78, 5) is 11.2. The van der Waals surface area contributed by atoms with Gasteiger partial charge in [0.25, 0.3) is 5.91 Å². The van der Waals surface area contributed by atoms with Gasteiger partial charge >= 0.3 is 0 Å². The highest BCUT2D eigenvalue weighted by molar-refractivity contribution is 5.95. The van der Waals surface area contributed by atoms with Crippen molar-refractivity contribution in [1.82, 2.24) is 0 Å². The summed E-state index contributed by atoms with van der Waals surface area (Å²) in [5, 5.41) is 2.83. The van der Waals surface area contributed by atoms with Crippen LogP contribution in [0.1, 0.15) is 18.4 Å². The second-order valence-corrected chi connectivity index (χ2v) is 4.97. The molecular formula is C13H16N2O2. The lowest BCUT2D eigenvalue weighted by atomic mass is 9.77. The monoisotopic (exact) mass is 232 g/mol. The van der Waals surface area contributed by atoms with Gasteiger partial charge in [-0.25, -0.2) is 0 Å². The lowest BCUT2D eigenvalue weighted by molar-refractivity contribution is -0.118. The van der Waals surface area contributed by atoms with Crippen LogP contribution in [-0.4, -0.2) is 18.6 Å². The van der Waals surface area contributed by atoms with Crippen LogP contribution in [0.25, 0.3) is 0 Å². The minimum atomic E-state index is -0.0830. The highest BCUT2D eigenvalue weighted by Gasteiger charge is 2.26. The Morgan fingerprint density at radius 2 is 2.24 bits per heavy atom. The largest absolute Gasteiger partial charge is 0.482 e. The van der Waals surface area contributed by atoms with Gasteiger partial charge in [-0.05, 0) is 42.9 Å². The van der Waals surface area contributed by atoms with Gasteiger partial charge in [0.05, 0.1) is 5.69 Å². The number of ether oxygens (including phenoxy) is 1. The van der Waals surface area contributed by atoms with Crippen LogP contribution in [0.2, 0.25) is 0 Å². The molecule has 1 saturated carbocycles. The van der Waals surface area contributed by atoms with Crippen molar-refractivity contribution in [1.29, 1.82) is 0 Å². The van der Waals surface area contributed by atoms with Crippen molar-refractivity contribution < 1.29 is 9.53 Å². The Morgan fingerprint density at radius 3 is 3.00 bits per heavy atom. The molecule has 1 aromatic rings. The van der Waals surface area contributed by atoms with Gasteiger partial charge in [-0.2, -0.15) is 0 Å². The van der Waals surface area contributed by atoms with Crippen molar-refractivity contribution in [2.24, 2.45) is 11.7 Å². The fourth-order valence-electron chi connectivity index (χ4n) is 2.54. The number of carbonyl (C=O) groups excluding carboxylic acids is 1. The van der Waals surface area contributed by atoms with Crippen molar-refractivity contribution in [2.45, 2.75) is 25.3 Å². The van der Waals surface area contributed by atoms with E-state index in [-0.39, 0.29) is 12.5 Å². The zero-order valence-corrected chi connectivity index (χ0v) is 9.61. The van der Waals surface area contributed by atoms with Crippen LogP contribution < -0.4 is 15.8 Å². The smallest absolute Gasteiger partial charge is 0.262 e. The van der Waals surface area contributed by atoms with E-state index in [2.05, 4.69) is 11.4 Å². The summed E-state index contributed by atoms with van der Waals surface area (Å²) in [5.74, 6) is 1.38. The molecule has 0 spiro atoms. The van der Waals surface area contributed by atoms with E-state index >= 15 is 0 Å². The van der Waals surface area contributed by atoms with Crippen molar-refractivity contribution in [3.8, 4) is 5.75 Å². The zero-order chi connectivity index (χ0) is 11.8. The van der Waals surface area contributed by atoms with E-state index in [0.717, 1.165) is 30.7 Å². The summed E-state index contributed by atoms with van der Waals surface area (Å²) in [7, 11) is 0. The van der Waals surface area contributed by atoms with E-state index in [9.17, 15) is 4.79 Å². The predicted octanol–water partition coefficient (Wildman–Crippen LogP) is 1.30. The van der Waals surface area contributed by atoms with Gasteiger partial charge in [0, 0.05) is 6.04 Å². The molecule has 3 N–H and O–H groups in total. The molecule has 2 aliphatic rings. The molecule has 1 amide bonds. The van der Waals surface area contributed by atoms with Crippen LogP contribution in [0.15, 0.2) is 18.2 Å². The summed E-state index contributed by atoms with van der Waals surface area (Å²) in [5.41, 5.74) is 7.81. The lowest BCUT2D eigenvalue weighted by Crippen LogP contribution is -2.37. The Hall–Kier alpha value is -1.55. The third kappa shape index (κ3) is 2.13. The van der Waals surface area contributed by atoms with Crippen LogP contribution in [-0.2, 0) is 11.2 Å². The number of benzene rings is 1. The van der Waals surface area contributed by atoms with E-state index < -0.39 is 0 Å². The van der Waals surface area contributed by atoms with Gasteiger partial charge in [-0.1, -0.05) is 6.07 Å². The number of anilines is 1. The quantitative estimate of drug-likeness (QED) is 0.807. The summed E-state index contributed by atoms with van der Waals surface area (Å²) in [6.07, 6.45) is 3.26. The predicted molar refractivity (Wildman–Crippen MR) is 65.0 cm³/mol. The first-order valence-corrected chi connectivity index (χ1v) is 6.02. The first-order chi connectivity index (χ1) is 8.20. The van der Waals surface area contributed by atoms with Crippen molar-refractivity contribution in [3.63, 3.8) is 0 Å². The number of rotatable bonds is 2. The fourth-order valence-corrected chi connectivity index (χ4v) is 2.54. The van der Waals surface area contributed by atoms with Crippen molar-refractivity contribution in [2.75, 3.05) is 11.9 Å². The van der Waals surface area contributed by atoms with Crippen LogP contribution in [0.4, 0.5) is 5.69 Å². The SMILES string of the molecule is NC1CC(Cc2ccc3c(c2)NC(=O)CO3)C1.